The normalized spacial score (nSPS) is 11.9. The molecule has 1 atom stereocenters. The van der Waals surface area contributed by atoms with E-state index in [9.17, 15) is 4.79 Å². The van der Waals surface area contributed by atoms with E-state index in [0.717, 1.165) is 27.0 Å². The van der Waals surface area contributed by atoms with E-state index < -0.39 is 0 Å². The maximum atomic E-state index is 12.7. The summed E-state index contributed by atoms with van der Waals surface area (Å²) in [5.74, 6) is 0.645. The van der Waals surface area contributed by atoms with Crippen molar-refractivity contribution in [1.29, 1.82) is 0 Å². The molecule has 0 heterocycles. The first-order chi connectivity index (χ1) is 10.4. The fraction of sp³-hybridized carbons (Fsp3) is 0.278. The zero-order chi connectivity index (χ0) is 16.3. The Labute approximate surface area is 140 Å². The number of amides is 1. The van der Waals surface area contributed by atoms with Gasteiger partial charge >= 0.3 is 0 Å². The molecule has 3 nitrogen and oxygen atoms in total. The van der Waals surface area contributed by atoms with Gasteiger partial charge < -0.3 is 9.64 Å². The number of carbonyl (C=O) groups is 1. The van der Waals surface area contributed by atoms with Gasteiger partial charge in [0.05, 0.1) is 13.0 Å². The zero-order valence-corrected chi connectivity index (χ0v) is 14.8. The number of benzene rings is 2. The molecular formula is C18H20BrNO2. The lowest BCUT2D eigenvalue weighted by Gasteiger charge is -2.22. The van der Waals surface area contributed by atoms with Crippen LogP contribution in [-0.4, -0.2) is 20.1 Å². The van der Waals surface area contributed by atoms with E-state index in [1.165, 1.54) is 0 Å². The highest BCUT2D eigenvalue weighted by atomic mass is 79.9. The van der Waals surface area contributed by atoms with Gasteiger partial charge in [-0.2, -0.15) is 0 Å². The Hall–Kier alpha value is -1.81. The van der Waals surface area contributed by atoms with Crippen molar-refractivity contribution in [3.8, 4) is 5.75 Å². The molecule has 0 aromatic heterocycles. The van der Waals surface area contributed by atoms with E-state index in [0.29, 0.717) is 0 Å². The van der Waals surface area contributed by atoms with Crippen LogP contribution < -0.4 is 9.64 Å². The van der Waals surface area contributed by atoms with Crippen molar-refractivity contribution in [3.05, 3.63) is 58.1 Å². The van der Waals surface area contributed by atoms with Crippen molar-refractivity contribution in [3.63, 3.8) is 0 Å². The largest absolute Gasteiger partial charge is 0.497 e. The van der Waals surface area contributed by atoms with Crippen LogP contribution in [0, 0.1) is 6.92 Å². The molecule has 0 saturated carbocycles. The Morgan fingerprint density at radius 2 is 1.82 bits per heavy atom. The van der Waals surface area contributed by atoms with Gasteiger partial charge in [-0.1, -0.05) is 28.1 Å². The van der Waals surface area contributed by atoms with Gasteiger partial charge in [-0.15, -0.1) is 0 Å². The van der Waals surface area contributed by atoms with Crippen LogP contribution in [0.3, 0.4) is 0 Å². The fourth-order valence-electron chi connectivity index (χ4n) is 2.29. The highest BCUT2D eigenvalue weighted by Crippen LogP contribution is 2.26. The summed E-state index contributed by atoms with van der Waals surface area (Å²) in [6.07, 6.45) is 0. The van der Waals surface area contributed by atoms with Crippen LogP contribution in [0.1, 0.15) is 24.0 Å². The topological polar surface area (TPSA) is 29.5 Å². The first kappa shape index (κ1) is 16.6. The van der Waals surface area contributed by atoms with Gasteiger partial charge in [0.15, 0.2) is 0 Å². The lowest BCUT2D eigenvalue weighted by molar-refractivity contribution is -0.119. The van der Waals surface area contributed by atoms with Gasteiger partial charge in [0, 0.05) is 17.2 Å². The number of carbonyl (C=O) groups excluding carboxylic acids is 1. The van der Waals surface area contributed by atoms with E-state index >= 15 is 0 Å². The van der Waals surface area contributed by atoms with Crippen LogP contribution in [0.2, 0.25) is 0 Å². The molecule has 0 fully saturated rings. The minimum absolute atomic E-state index is 0.0619. The third kappa shape index (κ3) is 3.50. The van der Waals surface area contributed by atoms with Gasteiger partial charge in [0.2, 0.25) is 5.91 Å². The van der Waals surface area contributed by atoms with Crippen molar-refractivity contribution < 1.29 is 9.53 Å². The number of anilines is 1. The van der Waals surface area contributed by atoms with E-state index in [1.807, 2.05) is 63.4 Å². The molecule has 1 unspecified atom stereocenters. The number of hydrogen-bond acceptors (Lipinski definition) is 2. The van der Waals surface area contributed by atoms with E-state index in [-0.39, 0.29) is 11.8 Å². The number of nitrogens with zero attached hydrogens (tertiary/aromatic N) is 1. The molecule has 0 N–H and O–H groups in total. The van der Waals surface area contributed by atoms with Crippen molar-refractivity contribution in [2.45, 2.75) is 19.8 Å². The second-order valence-corrected chi connectivity index (χ2v) is 6.18. The van der Waals surface area contributed by atoms with E-state index in [4.69, 9.17) is 4.74 Å². The molecule has 0 aliphatic heterocycles. The second-order valence-electron chi connectivity index (χ2n) is 5.33. The van der Waals surface area contributed by atoms with Crippen LogP contribution in [0.15, 0.2) is 46.9 Å². The summed E-state index contributed by atoms with van der Waals surface area (Å²) in [7, 11) is 3.44. The Balaban J connectivity index is 2.19. The third-order valence-electron chi connectivity index (χ3n) is 3.85. The highest BCUT2D eigenvalue weighted by Gasteiger charge is 2.20. The summed E-state index contributed by atoms with van der Waals surface area (Å²) in [5, 5.41) is 0. The molecule has 0 saturated heterocycles. The molecule has 0 bridgehead atoms. The molecule has 22 heavy (non-hydrogen) atoms. The van der Waals surface area contributed by atoms with E-state index in [1.54, 1.807) is 12.0 Å². The summed E-state index contributed by atoms with van der Waals surface area (Å²) in [4.78, 5) is 14.4. The van der Waals surface area contributed by atoms with Crippen LogP contribution >= 0.6 is 15.9 Å². The molecule has 0 aliphatic rings. The van der Waals surface area contributed by atoms with Crippen molar-refractivity contribution in [2.75, 3.05) is 19.1 Å². The molecule has 2 aromatic rings. The maximum Gasteiger partial charge on any atom is 0.233 e. The quantitative estimate of drug-likeness (QED) is 0.800. The Morgan fingerprint density at radius 3 is 2.36 bits per heavy atom. The Kier molecular flexibility index (Phi) is 5.24. The lowest BCUT2D eigenvalue weighted by Crippen LogP contribution is -2.30. The molecule has 116 valence electrons. The van der Waals surface area contributed by atoms with Crippen molar-refractivity contribution >= 4 is 27.5 Å². The number of hydrogen-bond donors (Lipinski definition) is 0. The summed E-state index contributed by atoms with van der Waals surface area (Å²) >= 11 is 3.48. The minimum Gasteiger partial charge on any atom is -0.497 e. The lowest BCUT2D eigenvalue weighted by atomic mass is 9.99. The molecule has 1 amide bonds. The van der Waals surface area contributed by atoms with Gasteiger partial charge in [-0.3, -0.25) is 4.79 Å². The summed E-state index contributed by atoms with van der Waals surface area (Å²) in [6.45, 7) is 3.94. The summed E-state index contributed by atoms with van der Waals surface area (Å²) in [6, 6.07) is 13.5. The predicted molar refractivity (Wildman–Crippen MR) is 93.7 cm³/mol. The first-order valence-electron chi connectivity index (χ1n) is 7.11. The van der Waals surface area contributed by atoms with Crippen molar-refractivity contribution in [2.24, 2.45) is 0 Å². The first-order valence-corrected chi connectivity index (χ1v) is 7.91. The van der Waals surface area contributed by atoms with Crippen LogP contribution in [0.25, 0.3) is 0 Å². The Bertz CT molecular complexity index is 667. The standard InChI is InChI=1S/C18H20BrNO2/c1-12-11-15(7-10-17(12)19)20(3)18(21)13(2)14-5-8-16(22-4)9-6-14/h5-11,13H,1-4H3. The number of ether oxygens (including phenoxy) is 1. The van der Waals surface area contributed by atoms with Gasteiger partial charge in [-0.05, 0) is 55.3 Å². The van der Waals surface area contributed by atoms with E-state index in [2.05, 4.69) is 15.9 Å². The number of rotatable bonds is 4. The molecular weight excluding hydrogens is 342 g/mol. The molecule has 2 rings (SSSR count). The maximum absolute atomic E-state index is 12.7. The average Bonchev–Trinajstić information content (AvgIpc) is 2.55. The van der Waals surface area contributed by atoms with Crippen molar-refractivity contribution in [1.82, 2.24) is 0 Å². The van der Waals surface area contributed by atoms with Gasteiger partial charge in [0.25, 0.3) is 0 Å². The van der Waals surface area contributed by atoms with Crippen LogP contribution in [0.4, 0.5) is 5.69 Å². The SMILES string of the molecule is COc1ccc(C(C)C(=O)N(C)c2ccc(Br)c(C)c2)cc1. The van der Waals surface area contributed by atoms with Crippen LogP contribution in [-0.2, 0) is 4.79 Å². The number of methoxy groups -OCH3 is 1. The zero-order valence-electron chi connectivity index (χ0n) is 13.3. The number of halogens is 1. The predicted octanol–water partition coefficient (Wildman–Crippen LogP) is 4.53. The molecule has 0 spiro atoms. The molecule has 2 aromatic carbocycles. The molecule has 4 heteroatoms. The van der Waals surface area contributed by atoms with Crippen LogP contribution in [0.5, 0.6) is 5.75 Å². The molecule has 0 aliphatic carbocycles. The third-order valence-corrected chi connectivity index (χ3v) is 4.74. The summed E-state index contributed by atoms with van der Waals surface area (Å²) < 4.78 is 6.19. The second kappa shape index (κ2) is 6.97. The summed E-state index contributed by atoms with van der Waals surface area (Å²) in [5.41, 5.74) is 2.98. The number of likely N-dealkylation sites (N-methyl/N-ethyl adjacent to an activating group) is 1. The minimum atomic E-state index is -0.208. The average molecular weight is 362 g/mol. The molecule has 0 radical (unpaired) electrons. The van der Waals surface area contributed by atoms with Gasteiger partial charge in [-0.25, -0.2) is 0 Å². The smallest absolute Gasteiger partial charge is 0.233 e. The fourth-order valence-corrected chi connectivity index (χ4v) is 2.54. The Morgan fingerprint density at radius 1 is 1.18 bits per heavy atom. The number of aryl methyl sites for hydroxylation is 1. The monoisotopic (exact) mass is 361 g/mol. The highest BCUT2D eigenvalue weighted by molar-refractivity contribution is 9.10. The van der Waals surface area contributed by atoms with Gasteiger partial charge in [0.1, 0.15) is 5.75 Å².